The standard InChI is InChI=1S/C22H20ClNO4S/c23-17-9-7-16(8-10-17)22(13-4-14-22)24-21(25)20-12-11-18(28-20)15-29(26,27)19-5-2-1-3-6-19/h1-3,5-12H,4,13-15H2,(H,24,25). The minimum atomic E-state index is -3.54. The first-order valence-corrected chi connectivity index (χ1v) is 11.4. The predicted molar refractivity (Wildman–Crippen MR) is 110 cm³/mol. The van der Waals surface area contributed by atoms with Crippen LogP contribution in [0.3, 0.4) is 0 Å². The maximum atomic E-state index is 12.8. The summed E-state index contributed by atoms with van der Waals surface area (Å²) in [6.45, 7) is 0. The van der Waals surface area contributed by atoms with Gasteiger partial charge >= 0.3 is 0 Å². The van der Waals surface area contributed by atoms with E-state index in [1.54, 1.807) is 30.3 Å². The molecule has 1 aliphatic rings. The van der Waals surface area contributed by atoms with Crippen LogP contribution >= 0.6 is 11.6 Å². The van der Waals surface area contributed by atoms with Crippen LogP contribution in [0, 0.1) is 0 Å². The highest BCUT2D eigenvalue weighted by Crippen LogP contribution is 2.41. The normalized spacial score (nSPS) is 15.5. The van der Waals surface area contributed by atoms with Gasteiger partial charge in [0.1, 0.15) is 11.5 Å². The van der Waals surface area contributed by atoms with Crippen molar-refractivity contribution in [3.63, 3.8) is 0 Å². The van der Waals surface area contributed by atoms with Crippen molar-refractivity contribution in [2.24, 2.45) is 0 Å². The summed E-state index contributed by atoms with van der Waals surface area (Å²) in [5, 5.41) is 3.71. The first-order valence-electron chi connectivity index (χ1n) is 9.33. The Balaban J connectivity index is 1.49. The summed E-state index contributed by atoms with van der Waals surface area (Å²) in [6, 6.07) is 18.7. The molecular weight excluding hydrogens is 410 g/mol. The maximum absolute atomic E-state index is 12.8. The summed E-state index contributed by atoms with van der Waals surface area (Å²) < 4.78 is 30.6. The average Bonchev–Trinajstić information content (AvgIpc) is 3.14. The fourth-order valence-corrected chi connectivity index (χ4v) is 4.93. The fraction of sp³-hybridized carbons (Fsp3) is 0.227. The molecule has 0 atom stereocenters. The van der Waals surface area contributed by atoms with Gasteiger partial charge in [-0.2, -0.15) is 0 Å². The van der Waals surface area contributed by atoms with Gasteiger partial charge in [-0.25, -0.2) is 8.42 Å². The van der Waals surface area contributed by atoms with Gasteiger partial charge in [-0.3, -0.25) is 4.79 Å². The molecule has 0 bridgehead atoms. The molecule has 3 aromatic rings. The number of halogens is 1. The van der Waals surface area contributed by atoms with Crippen LogP contribution in [0.2, 0.25) is 5.02 Å². The van der Waals surface area contributed by atoms with Crippen LogP contribution in [-0.4, -0.2) is 14.3 Å². The van der Waals surface area contributed by atoms with Gasteiger partial charge in [-0.1, -0.05) is 41.9 Å². The van der Waals surface area contributed by atoms with Crippen molar-refractivity contribution >= 4 is 27.3 Å². The lowest BCUT2D eigenvalue weighted by Crippen LogP contribution is -2.50. The third kappa shape index (κ3) is 4.09. The summed E-state index contributed by atoms with van der Waals surface area (Å²) in [7, 11) is -3.54. The highest BCUT2D eigenvalue weighted by molar-refractivity contribution is 7.90. The van der Waals surface area contributed by atoms with Crippen molar-refractivity contribution in [2.75, 3.05) is 0 Å². The molecule has 0 aliphatic heterocycles. The molecule has 1 amide bonds. The van der Waals surface area contributed by atoms with Crippen LogP contribution < -0.4 is 5.32 Å². The molecule has 1 saturated carbocycles. The third-order valence-corrected chi connectivity index (χ3v) is 7.18. The van der Waals surface area contributed by atoms with Crippen molar-refractivity contribution in [3.8, 4) is 0 Å². The van der Waals surface area contributed by atoms with E-state index in [0.717, 1.165) is 24.8 Å². The predicted octanol–water partition coefficient (Wildman–Crippen LogP) is 4.72. The van der Waals surface area contributed by atoms with E-state index in [-0.39, 0.29) is 28.1 Å². The molecule has 1 heterocycles. The number of carbonyl (C=O) groups is 1. The van der Waals surface area contributed by atoms with Crippen LogP contribution in [-0.2, 0) is 21.1 Å². The lowest BCUT2D eigenvalue weighted by atomic mass is 9.71. The zero-order chi connectivity index (χ0) is 20.5. The van der Waals surface area contributed by atoms with Crippen molar-refractivity contribution in [1.82, 2.24) is 5.32 Å². The minimum Gasteiger partial charge on any atom is -0.455 e. The second kappa shape index (κ2) is 7.69. The largest absolute Gasteiger partial charge is 0.455 e. The fourth-order valence-electron chi connectivity index (χ4n) is 3.54. The number of benzene rings is 2. The number of rotatable bonds is 6. The lowest BCUT2D eigenvalue weighted by molar-refractivity contribution is 0.0793. The van der Waals surface area contributed by atoms with Crippen molar-refractivity contribution in [3.05, 3.63) is 88.8 Å². The molecule has 0 saturated heterocycles. The summed E-state index contributed by atoms with van der Waals surface area (Å²) in [5.74, 6) is -0.327. The van der Waals surface area contributed by atoms with E-state index in [1.807, 2.05) is 24.3 Å². The topological polar surface area (TPSA) is 76.4 Å². The molecule has 0 spiro atoms. The monoisotopic (exact) mass is 429 g/mol. The van der Waals surface area contributed by atoms with Gasteiger partial charge < -0.3 is 9.73 Å². The summed E-state index contributed by atoms with van der Waals surface area (Å²) >= 11 is 5.97. The molecule has 1 aliphatic carbocycles. The highest BCUT2D eigenvalue weighted by Gasteiger charge is 2.40. The Bertz CT molecular complexity index is 1120. The second-order valence-electron chi connectivity index (χ2n) is 7.23. The maximum Gasteiger partial charge on any atom is 0.287 e. The van der Waals surface area contributed by atoms with E-state index in [4.69, 9.17) is 16.0 Å². The zero-order valence-corrected chi connectivity index (χ0v) is 17.2. The Morgan fingerprint density at radius 3 is 2.31 bits per heavy atom. The summed E-state index contributed by atoms with van der Waals surface area (Å²) in [5.41, 5.74) is 0.560. The molecule has 0 unspecified atom stereocenters. The van der Waals surface area contributed by atoms with E-state index < -0.39 is 15.4 Å². The average molecular weight is 430 g/mol. The molecule has 1 N–H and O–H groups in total. The Kier molecular flexibility index (Phi) is 5.23. The van der Waals surface area contributed by atoms with Crippen LogP contribution in [0.5, 0.6) is 0 Å². The number of hydrogen-bond acceptors (Lipinski definition) is 4. The van der Waals surface area contributed by atoms with Gasteiger partial charge in [0.2, 0.25) is 0 Å². The Labute approximate surface area is 174 Å². The lowest BCUT2D eigenvalue weighted by Gasteiger charge is -2.43. The Morgan fingerprint density at radius 2 is 1.69 bits per heavy atom. The molecule has 5 nitrogen and oxygen atoms in total. The van der Waals surface area contributed by atoms with Gasteiger partial charge in [0.05, 0.1) is 10.4 Å². The first kappa shape index (κ1) is 19.7. The van der Waals surface area contributed by atoms with E-state index in [9.17, 15) is 13.2 Å². The van der Waals surface area contributed by atoms with E-state index >= 15 is 0 Å². The zero-order valence-electron chi connectivity index (χ0n) is 15.6. The molecule has 29 heavy (non-hydrogen) atoms. The Hall–Kier alpha value is -2.57. The molecule has 150 valence electrons. The number of furan rings is 1. The molecule has 4 rings (SSSR count). The number of amides is 1. The molecule has 1 fully saturated rings. The van der Waals surface area contributed by atoms with Gasteiger partial charge in [0.15, 0.2) is 15.6 Å². The van der Waals surface area contributed by atoms with Crippen LogP contribution in [0.4, 0.5) is 0 Å². The quantitative estimate of drug-likeness (QED) is 0.615. The number of sulfone groups is 1. The van der Waals surface area contributed by atoms with E-state index in [2.05, 4.69) is 5.32 Å². The second-order valence-corrected chi connectivity index (χ2v) is 9.66. The number of hydrogen-bond donors (Lipinski definition) is 1. The van der Waals surface area contributed by atoms with Crippen LogP contribution in [0.1, 0.15) is 41.1 Å². The minimum absolute atomic E-state index is 0.100. The summed E-state index contributed by atoms with van der Waals surface area (Å²) in [6.07, 6.45) is 2.67. The molecule has 0 radical (unpaired) electrons. The molecule has 2 aromatic carbocycles. The highest BCUT2D eigenvalue weighted by atomic mass is 35.5. The van der Waals surface area contributed by atoms with Gasteiger partial charge in [-0.15, -0.1) is 0 Å². The van der Waals surface area contributed by atoms with E-state index in [0.29, 0.717) is 5.02 Å². The van der Waals surface area contributed by atoms with Crippen molar-refractivity contribution < 1.29 is 17.6 Å². The third-order valence-electron chi connectivity index (χ3n) is 5.28. The SMILES string of the molecule is O=C(NC1(c2ccc(Cl)cc2)CCC1)c1ccc(CS(=O)(=O)c2ccccc2)o1. The van der Waals surface area contributed by atoms with Crippen molar-refractivity contribution in [1.29, 1.82) is 0 Å². The number of carbonyl (C=O) groups excluding carboxylic acids is 1. The molecular formula is C22H20ClNO4S. The van der Waals surface area contributed by atoms with Crippen LogP contribution in [0.25, 0.3) is 0 Å². The molecule has 7 heteroatoms. The van der Waals surface area contributed by atoms with Gasteiger partial charge in [0, 0.05) is 5.02 Å². The first-order chi connectivity index (χ1) is 13.9. The summed E-state index contributed by atoms with van der Waals surface area (Å²) in [4.78, 5) is 13.0. The van der Waals surface area contributed by atoms with Crippen molar-refractivity contribution in [2.45, 2.75) is 35.4 Å². The number of nitrogens with one attached hydrogen (secondary N) is 1. The van der Waals surface area contributed by atoms with Crippen LogP contribution in [0.15, 0.2) is 76.0 Å². The molecule has 1 aromatic heterocycles. The van der Waals surface area contributed by atoms with E-state index in [1.165, 1.54) is 12.1 Å². The smallest absolute Gasteiger partial charge is 0.287 e. The van der Waals surface area contributed by atoms with Gasteiger partial charge in [0.25, 0.3) is 5.91 Å². The Morgan fingerprint density at radius 1 is 1.00 bits per heavy atom. The van der Waals surface area contributed by atoms with Gasteiger partial charge in [-0.05, 0) is 61.2 Å².